The minimum atomic E-state index is -0.714. The summed E-state index contributed by atoms with van der Waals surface area (Å²) in [5.41, 5.74) is 0. The van der Waals surface area contributed by atoms with Crippen LogP contribution in [0.15, 0.2) is 0 Å². The van der Waals surface area contributed by atoms with Crippen LogP contribution in [0.4, 0.5) is 0 Å². The van der Waals surface area contributed by atoms with Gasteiger partial charge < -0.3 is 5.11 Å². The van der Waals surface area contributed by atoms with E-state index in [9.17, 15) is 4.79 Å². The van der Waals surface area contributed by atoms with Crippen molar-refractivity contribution in [1.29, 1.82) is 0 Å². The van der Waals surface area contributed by atoms with Gasteiger partial charge in [0.2, 0.25) is 0 Å². The summed E-state index contributed by atoms with van der Waals surface area (Å²) >= 11 is 1.90. The fraction of sp³-hybridized carbons (Fsp3) is 0.875. The van der Waals surface area contributed by atoms with E-state index >= 15 is 0 Å². The van der Waals surface area contributed by atoms with Crippen LogP contribution in [-0.2, 0) is 4.79 Å². The summed E-state index contributed by atoms with van der Waals surface area (Å²) in [5, 5.41) is 8.80. The maximum atomic E-state index is 10.7. The number of rotatable bonds is 2. The Labute approximate surface area is 77.1 Å². The summed E-state index contributed by atoms with van der Waals surface area (Å²) in [6, 6.07) is 0.0655. The van der Waals surface area contributed by atoms with Crippen LogP contribution >= 0.6 is 11.8 Å². The highest BCUT2D eigenvalue weighted by molar-refractivity contribution is 7.99. The first kappa shape index (κ1) is 9.86. The Balaban J connectivity index is 2.53. The average molecular weight is 189 g/mol. The van der Waals surface area contributed by atoms with Gasteiger partial charge in [-0.1, -0.05) is 0 Å². The predicted molar refractivity (Wildman–Crippen MR) is 50.6 cm³/mol. The Hall–Kier alpha value is -0.220. The molecule has 1 fully saturated rings. The maximum Gasteiger partial charge on any atom is 0.320 e. The third-order valence-electron chi connectivity index (χ3n) is 2.27. The molecular formula is C8H15NO2S. The van der Waals surface area contributed by atoms with Crippen molar-refractivity contribution in [2.45, 2.75) is 25.9 Å². The number of aliphatic carboxylic acids is 1. The molecule has 0 radical (unpaired) electrons. The summed E-state index contributed by atoms with van der Waals surface area (Å²) in [5.74, 6) is 1.40. The van der Waals surface area contributed by atoms with Crippen molar-refractivity contribution in [3.63, 3.8) is 0 Å². The highest BCUT2D eigenvalue weighted by Gasteiger charge is 2.27. The van der Waals surface area contributed by atoms with Gasteiger partial charge in [-0.15, -0.1) is 0 Å². The third-order valence-corrected chi connectivity index (χ3v) is 3.46. The second kappa shape index (κ2) is 4.14. The first-order valence-corrected chi connectivity index (χ1v) is 5.34. The van der Waals surface area contributed by atoms with Gasteiger partial charge in [0.1, 0.15) is 6.04 Å². The molecule has 1 heterocycles. The predicted octanol–water partition coefficient (Wildman–Crippen LogP) is 0.897. The van der Waals surface area contributed by atoms with Crippen molar-refractivity contribution >= 4 is 17.7 Å². The lowest BCUT2D eigenvalue weighted by Gasteiger charge is -2.35. The minimum Gasteiger partial charge on any atom is -0.480 e. The Morgan fingerprint density at radius 2 is 2.42 bits per heavy atom. The van der Waals surface area contributed by atoms with Gasteiger partial charge in [-0.2, -0.15) is 11.8 Å². The first-order valence-electron chi connectivity index (χ1n) is 4.19. The molecule has 1 rings (SSSR count). The molecule has 1 aliphatic rings. The first-order chi connectivity index (χ1) is 5.63. The molecule has 2 atom stereocenters. The molecule has 0 aromatic rings. The van der Waals surface area contributed by atoms with Crippen LogP contribution in [0.5, 0.6) is 0 Å². The topological polar surface area (TPSA) is 40.5 Å². The van der Waals surface area contributed by atoms with Gasteiger partial charge in [-0.3, -0.25) is 9.69 Å². The second-order valence-electron chi connectivity index (χ2n) is 3.18. The Morgan fingerprint density at radius 3 is 2.92 bits per heavy atom. The quantitative estimate of drug-likeness (QED) is 0.700. The number of carboxylic acids is 1. The highest BCUT2D eigenvalue weighted by Crippen LogP contribution is 2.18. The van der Waals surface area contributed by atoms with E-state index in [1.165, 1.54) is 0 Å². The van der Waals surface area contributed by atoms with Crippen molar-refractivity contribution in [2.24, 2.45) is 0 Å². The largest absolute Gasteiger partial charge is 0.480 e. The molecule has 12 heavy (non-hydrogen) atoms. The smallest absolute Gasteiger partial charge is 0.320 e. The summed E-state index contributed by atoms with van der Waals surface area (Å²) in [4.78, 5) is 12.8. The van der Waals surface area contributed by atoms with Crippen LogP contribution in [0, 0.1) is 0 Å². The number of thioether (sulfide) groups is 1. The molecule has 1 aliphatic heterocycles. The molecule has 0 amide bonds. The molecule has 70 valence electrons. The normalized spacial score (nSPS) is 28.3. The lowest BCUT2D eigenvalue weighted by atomic mass is 10.2. The summed E-state index contributed by atoms with van der Waals surface area (Å²) in [7, 11) is 0. The maximum absolute atomic E-state index is 10.7. The summed E-state index contributed by atoms with van der Waals surface area (Å²) in [6.07, 6.45) is 0. The number of hydrogen-bond acceptors (Lipinski definition) is 3. The van der Waals surface area contributed by atoms with Gasteiger partial charge in [-0.25, -0.2) is 0 Å². The van der Waals surface area contributed by atoms with Gasteiger partial charge >= 0.3 is 5.97 Å². The standard InChI is InChI=1S/C8H15NO2S/c1-6-5-12-4-3-9(6)7(2)8(10)11/h6-7H,3-5H2,1-2H3,(H,10,11). The van der Waals surface area contributed by atoms with E-state index in [0.29, 0.717) is 6.04 Å². The van der Waals surface area contributed by atoms with Crippen LogP contribution in [-0.4, -0.2) is 46.1 Å². The fourth-order valence-electron chi connectivity index (χ4n) is 1.46. The monoisotopic (exact) mass is 189 g/mol. The zero-order chi connectivity index (χ0) is 9.14. The second-order valence-corrected chi connectivity index (χ2v) is 4.33. The molecule has 0 saturated carbocycles. The van der Waals surface area contributed by atoms with Gasteiger partial charge in [0, 0.05) is 24.1 Å². The zero-order valence-corrected chi connectivity index (χ0v) is 8.30. The molecule has 0 spiro atoms. The molecule has 1 saturated heterocycles. The van der Waals surface area contributed by atoms with Gasteiger partial charge in [0.25, 0.3) is 0 Å². The number of carboxylic acid groups (broad SMARTS) is 1. The molecule has 0 aromatic heterocycles. The number of hydrogen-bond donors (Lipinski definition) is 1. The molecule has 3 nitrogen and oxygen atoms in total. The van der Waals surface area contributed by atoms with E-state index in [4.69, 9.17) is 5.11 Å². The molecular weight excluding hydrogens is 174 g/mol. The molecule has 0 aromatic carbocycles. The van der Waals surface area contributed by atoms with Crippen LogP contribution < -0.4 is 0 Å². The Morgan fingerprint density at radius 1 is 1.75 bits per heavy atom. The van der Waals surface area contributed by atoms with E-state index in [-0.39, 0.29) is 6.04 Å². The van der Waals surface area contributed by atoms with Gasteiger partial charge in [0.05, 0.1) is 0 Å². The zero-order valence-electron chi connectivity index (χ0n) is 7.49. The lowest BCUT2D eigenvalue weighted by Crippen LogP contribution is -2.48. The van der Waals surface area contributed by atoms with Crippen LogP contribution in [0.1, 0.15) is 13.8 Å². The third kappa shape index (κ3) is 2.14. The van der Waals surface area contributed by atoms with Crippen molar-refractivity contribution in [3.8, 4) is 0 Å². The van der Waals surface area contributed by atoms with E-state index in [2.05, 4.69) is 11.8 Å². The Kier molecular flexibility index (Phi) is 3.40. The van der Waals surface area contributed by atoms with Crippen LogP contribution in [0.3, 0.4) is 0 Å². The summed E-state index contributed by atoms with van der Waals surface area (Å²) < 4.78 is 0. The van der Waals surface area contributed by atoms with Crippen LogP contribution in [0.2, 0.25) is 0 Å². The van der Waals surface area contributed by atoms with E-state index in [1.54, 1.807) is 6.92 Å². The molecule has 4 heteroatoms. The van der Waals surface area contributed by atoms with Crippen molar-refractivity contribution in [3.05, 3.63) is 0 Å². The summed E-state index contributed by atoms with van der Waals surface area (Å²) in [6.45, 7) is 4.75. The number of carbonyl (C=O) groups is 1. The SMILES string of the molecule is CC1CSCCN1C(C)C(=O)O. The van der Waals surface area contributed by atoms with E-state index in [0.717, 1.165) is 18.1 Å². The van der Waals surface area contributed by atoms with Crippen LogP contribution in [0.25, 0.3) is 0 Å². The average Bonchev–Trinajstić information content (AvgIpc) is 2.04. The van der Waals surface area contributed by atoms with Crippen molar-refractivity contribution in [2.75, 3.05) is 18.1 Å². The number of nitrogens with zero attached hydrogens (tertiary/aromatic N) is 1. The van der Waals surface area contributed by atoms with Crippen molar-refractivity contribution in [1.82, 2.24) is 4.90 Å². The highest BCUT2D eigenvalue weighted by atomic mass is 32.2. The molecule has 1 N–H and O–H groups in total. The lowest BCUT2D eigenvalue weighted by molar-refractivity contribution is -0.143. The van der Waals surface area contributed by atoms with Crippen molar-refractivity contribution < 1.29 is 9.90 Å². The van der Waals surface area contributed by atoms with Gasteiger partial charge in [-0.05, 0) is 13.8 Å². The minimum absolute atomic E-state index is 0.333. The molecule has 0 aliphatic carbocycles. The molecule has 0 bridgehead atoms. The molecule has 2 unspecified atom stereocenters. The van der Waals surface area contributed by atoms with E-state index in [1.807, 2.05) is 11.8 Å². The fourth-order valence-corrected chi connectivity index (χ4v) is 2.50. The van der Waals surface area contributed by atoms with Gasteiger partial charge in [0.15, 0.2) is 0 Å². The van der Waals surface area contributed by atoms with E-state index < -0.39 is 5.97 Å². The Bertz CT molecular complexity index is 174.